The molecule has 2 rings (SSSR count). The largest absolute Gasteiger partial charge is 0.363 e. The van der Waals surface area contributed by atoms with Gasteiger partial charge in [0.05, 0.1) is 13.2 Å². The van der Waals surface area contributed by atoms with Gasteiger partial charge in [-0.1, -0.05) is 30.3 Å². The Morgan fingerprint density at radius 2 is 2.06 bits per heavy atom. The highest BCUT2D eigenvalue weighted by Crippen LogP contribution is 2.07. The van der Waals surface area contributed by atoms with E-state index in [0.717, 1.165) is 5.56 Å². The first-order valence-electron chi connectivity index (χ1n) is 5.20. The molecule has 0 amide bonds. The molecule has 1 atom stereocenters. The van der Waals surface area contributed by atoms with Gasteiger partial charge in [0, 0.05) is 0 Å². The molecule has 1 aliphatic rings. The minimum atomic E-state index is -0.511. The molecule has 0 saturated carbocycles. The average Bonchev–Trinajstić information content (AvgIpc) is 2.53. The van der Waals surface area contributed by atoms with Gasteiger partial charge in [-0.2, -0.15) is 0 Å². The maximum absolute atomic E-state index is 11.5. The predicted octanol–water partition coefficient (Wildman–Crippen LogP) is 1.15. The van der Waals surface area contributed by atoms with Crippen molar-refractivity contribution in [3.8, 4) is 0 Å². The molecule has 4 heteroatoms. The highest BCUT2D eigenvalue weighted by Gasteiger charge is 2.22. The van der Waals surface area contributed by atoms with Crippen molar-refractivity contribution in [1.29, 1.82) is 0 Å². The van der Waals surface area contributed by atoms with E-state index in [9.17, 15) is 4.79 Å². The molecule has 0 bridgehead atoms. The van der Waals surface area contributed by atoms with Crippen LogP contribution in [0.4, 0.5) is 0 Å². The molecule has 0 aromatic heterocycles. The quantitative estimate of drug-likeness (QED) is 0.769. The van der Waals surface area contributed by atoms with Crippen LogP contribution < -0.4 is 0 Å². The Labute approximate surface area is 94.1 Å². The zero-order valence-electron chi connectivity index (χ0n) is 8.93. The Balaban J connectivity index is 1.86. The fourth-order valence-corrected chi connectivity index (χ4v) is 1.45. The van der Waals surface area contributed by atoms with Gasteiger partial charge in [0.2, 0.25) is 0 Å². The van der Waals surface area contributed by atoms with Crippen LogP contribution in [-0.2, 0) is 25.6 Å². The van der Waals surface area contributed by atoms with E-state index in [1.807, 2.05) is 30.3 Å². The van der Waals surface area contributed by atoms with Gasteiger partial charge in [0.15, 0.2) is 5.78 Å². The molecule has 86 valence electrons. The van der Waals surface area contributed by atoms with Crippen LogP contribution in [0.15, 0.2) is 30.3 Å². The normalized spacial score (nSPS) is 21.8. The maximum atomic E-state index is 11.5. The number of ether oxygens (including phenoxy) is 3. The molecule has 16 heavy (non-hydrogen) atoms. The van der Waals surface area contributed by atoms with Crippen LogP contribution in [0.3, 0.4) is 0 Å². The lowest BCUT2D eigenvalue weighted by Gasteiger charge is -2.12. The van der Waals surface area contributed by atoms with Crippen molar-refractivity contribution in [2.75, 3.05) is 20.0 Å². The molecule has 1 aromatic rings. The Hall–Kier alpha value is -1.23. The summed E-state index contributed by atoms with van der Waals surface area (Å²) in [6, 6.07) is 9.73. The molecule has 4 nitrogen and oxygen atoms in total. The fourth-order valence-electron chi connectivity index (χ4n) is 1.45. The number of carbonyl (C=O) groups is 1. The van der Waals surface area contributed by atoms with Crippen molar-refractivity contribution in [1.82, 2.24) is 0 Å². The fraction of sp³-hybridized carbons (Fsp3) is 0.417. The van der Waals surface area contributed by atoms with Crippen LogP contribution in [-0.4, -0.2) is 31.9 Å². The lowest BCUT2D eigenvalue weighted by Crippen LogP contribution is -2.29. The van der Waals surface area contributed by atoms with Crippen LogP contribution >= 0.6 is 0 Å². The molecule has 1 heterocycles. The summed E-state index contributed by atoms with van der Waals surface area (Å²) in [4.78, 5) is 11.5. The van der Waals surface area contributed by atoms with E-state index in [0.29, 0.717) is 6.61 Å². The average molecular weight is 222 g/mol. The number of Topliss-reactive ketones (excluding diaryl/α,β-unsaturated/α-hetero) is 1. The Bertz CT molecular complexity index is 336. The summed E-state index contributed by atoms with van der Waals surface area (Å²) in [5.74, 6) is -0.0616. The van der Waals surface area contributed by atoms with E-state index in [2.05, 4.69) is 0 Å². The maximum Gasteiger partial charge on any atom is 0.189 e. The van der Waals surface area contributed by atoms with Gasteiger partial charge in [-0.05, 0) is 5.56 Å². The Morgan fingerprint density at radius 3 is 2.88 bits per heavy atom. The number of ketones is 1. The van der Waals surface area contributed by atoms with Gasteiger partial charge in [-0.25, -0.2) is 0 Å². The monoisotopic (exact) mass is 222 g/mol. The highest BCUT2D eigenvalue weighted by atomic mass is 16.7. The number of carbonyl (C=O) groups excluding carboxylic acids is 1. The van der Waals surface area contributed by atoms with Crippen molar-refractivity contribution in [2.24, 2.45) is 0 Å². The minimum absolute atomic E-state index is 0.0616. The smallest absolute Gasteiger partial charge is 0.189 e. The van der Waals surface area contributed by atoms with Crippen LogP contribution in [0.5, 0.6) is 0 Å². The van der Waals surface area contributed by atoms with E-state index in [4.69, 9.17) is 14.2 Å². The molecule has 1 saturated heterocycles. The Kier molecular flexibility index (Phi) is 4.04. The molecule has 1 aromatic carbocycles. The number of rotatable bonds is 3. The van der Waals surface area contributed by atoms with Crippen LogP contribution in [0.2, 0.25) is 0 Å². The summed E-state index contributed by atoms with van der Waals surface area (Å²) in [6.07, 6.45) is -0.511. The van der Waals surface area contributed by atoms with Crippen molar-refractivity contribution < 1.29 is 19.0 Å². The summed E-state index contributed by atoms with van der Waals surface area (Å²) in [5.41, 5.74) is 1.04. The van der Waals surface area contributed by atoms with Gasteiger partial charge in [-0.15, -0.1) is 0 Å². The topological polar surface area (TPSA) is 44.8 Å². The second-order valence-electron chi connectivity index (χ2n) is 3.59. The first-order chi connectivity index (χ1) is 7.86. The summed E-state index contributed by atoms with van der Waals surface area (Å²) >= 11 is 0. The molecule has 0 N–H and O–H groups in total. The molecule has 0 unspecified atom stereocenters. The van der Waals surface area contributed by atoms with Crippen LogP contribution in [0, 0.1) is 0 Å². The lowest BCUT2D eigenvalue weighted by molar-refractivity contribution is -0.133. The number of benzene rings is 1. The van der Waals surface area contributed by atoms with Crippen molar-refractivity contribution in [3.05, 3.63) is 35.9 Å². The summed E-state index contributed by atoms with van der Waals surface area (Å²) < 4.78 is 15.5. The molecular weight excluding hydrogens is 208 g/mol. The standard InChI is InChI=1S/C12H14O4/c13-11-7-14-9-15-8-12(11)16-6-10-4-2-1-3-5-10/h1-5,12H,6-9H2/t12-/m0/s1. The molecule has 1 fully saturated rings. The number of hydrogen-bond acceptors (Lipinski definition) is 4. The molecular formula is C12H14O4. The van der Waals surface area contributed by atoms with Crippen molar-refractivity contribution in [2.45, 2.75) is 12.7 Å². The van der Waals surface area contributed by atoms with Gasteiger partial charge in [0.25, 0.3) is 0 Å². The third-order valence-corrected chi connectivity index (χ3v) is 2.33. The molecule has 0 radical (unpaired) electrons. The zero-order valence-corrected chi connectivity index (χ0v) is 8.93. The van der Waals surface area contributed by atoms with E-state index in [1.54, 1.807) is 0 Å². The first kappa shape index (κ1) is 11.3. The Morgan fingerprint density at radius 1 is 1.25 bits per heavy atom. The summed E-state index contributed by atoms with van der Waals surface area (Å²) in [7, 11) is 0. The molecule has 0 spiro atoms. The SMILES string of the molecule is O=C1COCOC[C@@H]1OCc1ccccc1. The summed E-state index contributed by atoms with van der Waals surface area (Å²) in [6.45, 7) is 0.919. The lowest BCUT2D eigenvalue weighted by atomic mass is 10.2. The van der Waals surface area contributed by atoms with Gasteiger partial charge in [0.1, 0.15) is 19.5 Å². The minimum Gasteiger partial charge on any atom is -0.363 e. The van der Waals surface area contributed by atoms with E-state index in [-0.39, 0.29) is 25.8 Å². The second kappa shape index (κ2) is 5.75. The highest BCUT2D eigenvalue weighted by molar-refractivity contribution is 5.84. The van der Waals surface area contributed by atoms with Crippen LogP contribution in [0.1, 0.15) is 5.56 Å². The third kappa shape index (κ3) is 3.13. The van der Waals surface area contributed by atoms with E-state index >= 15 is 0 Å². The first-order valence-corrected chi connectivity index (χ1v) is 5.20. The third-order valence-electron chi connectivity index (χ3n) is 2.33. The van der Waals surface area contributed by atoms with Gasteiger partial charge >= 0.3 is 0 Å². The van der Waals surface area contributed by atoms with E-state index < -0.39 is 6.10 Å². The summed E-state index contributed by atoms with van der Waals surface area (Å²) in [5, 5.41) is 0. The van der Waals surface area contributed by atoms with Gasteiger partial charge in [-0.3, -0.25) is 4.79 Å². The van der Waals surface area contributed by atoms with Crippen molar-refractivity contribution >= 4 is 5.78 Å². The second-order valence-corrected chi connectivity index (χ2v) is 3.59. The predicted molar refractivity (Wildman–Crippen MR) is 56.8 cm³/mol. The van der Waals surface area contributed by atoms with E-state index in [1.165, 1.54) is 0 Å². The zero-order chi connectivity index (χ0) is 11.2. The molecule has 0 aliphatic carbocycles. The van der Waals surface area contributed by atoms with Crippen LogP contribution in [0.25, 0.3) is 0 Å². The number of hydrogen-bond donors (Lipinski definition) is 0. The van der Waals surface area contributed by atoms with Gasteiger partial charge < -0.3 is 14.2 Å². The molecule has 1 aliphatic heterocycles. The van der Waals surface area contributed by atoms with Crippen molar-refractivity contribution in [3.63, 3.8) is 0 Å².